The van der Waals surface area contributed by atoms with Crippen molar-refractivity contribution in [3.05, 3.63) is 23.8 Å². The van der Waals surface area contributed by atoms with E-state index in [0.717, 1.165) is 11.2 Å². The quantitative estimate of drug-likeness (QED) is 0.479. The first-order valence-corrected chi connectivity index (χ1v) is 8.45. The zero-order chi connectivity index (χ0) is 17.7. The molecule has 0 bridgehead atoms. The number of allylic oxidation sites excluding steroid dienone is 2. The van der Waals surface area contributed by atoms with Crippen LogP contribution in [0.2, 0.25) is 0 Å². The van der Waals surface area contributed by atoms with Crippen LogP contribution in [0.4, 0.5) is 0 Å². The lowest BCUT2D eigenvalue weighted by Gasteiger charge is -2.43. The maximum atomic E-state index is 13.0. The van der Waals surface area contributed by atoms with Crippen LogP contribution < -0.4 is 5.32 Å². The number of imide groups is 1. The normalized spacial score (nSPS) is 36.0. The number of aliphatic hydroxyl groups excluding tert-OH is 1. The summed E-state index contributed by atoms with van der Waals surface area (Å²) in [7, 11) is 0. The molecule has 4 rings (SSSR count). The number of piperidine rings is 1. The highest BCUT2D eigenvalue weighted by molar-refractivity contribution is 6.17. The molecule has 132 valence electrons. The molecule has 4 unspecified atom stereocenters. The predicted molar refractivity (Wildman–Crippen MR) is 84.7 cm³/mol. The molecule has 1 aliphatic carbocycles. The Hall–Kier alpha value is -2.32. The number of aldehydes is 1. The van der Waals surface area contributed by atoms with Gasteiger partial charge < -0.3 is 15.2 Å². The molecule has 8 nitrogen and oxygen atoms in total. The van der Waals surface area contributed by atoms with Gasteiger partial charge in [0, 0.05) is 30.6 Å². The van der Waals surface area contributed by atoms with E-state index >= 15 is 0 Å². The Labute approximate surface area is 144 Å². The van der Waals surface area contributed by atoms with Crippen molar-refractivity contribution in [3.63, 3.8) is 0 Å². The lowest BCUT2D eigenvalue weighted by Crippen LogP contribution is -2.57. The molecule has 0 saturated carbocycles. The van der Waals surface area contributed by atoms with Crippen molar-refractivity contribution in [3.8, 4) is 0 Å². The number of hydrogen-bond acceptors (Lipinski definition) is 6. The molecule has 3 amide bonds. The topological polar surface area (TPSA) is 107 Å². The molecule has 0 spiro atoms. The van der Waals surface area contributed by atoms with Crippen LogP contribution in [-0.2, 0) is 19.2 Å². The van der Waals surface area contributed by atoms with Crippen molar-refractivity contribution in [1.29, 1.82) is 0 Å². The number of carbonyl (C=O) groups is 4. The summed E-state index contributed by atoms with van der Waals surface area (Å²) in [6.45, 7) is 1.14. The zero-order valence-electron chi connectivity index (χ0n) is 13.5. The summed E-state index contributed by atoms with van der Waals surface area (Å²) < 4.78 is 0. The molecule has 8 heteroatoms. The fraction of sp³-hybridized carbons (Fsp3) is 0.529. The Bertz CT molecular complexity index is 709. The number of amides is 3. The van der Waals surface area contributed by atoms with E-state index in [1.165, 1.54) is 0 Å². The Balaban J connectivity index is 1.58. The standard InChI is InChI=1S/C17H19N3O5/c21-8-9-6-19(7-9)11-3-1-2-10-14(11)17(25)20(16(10)24)12-4-5-13(22)18-15(12)23/h1-3,8-9,11-14,22H,4-7H2,(H,18,23). The van der Waals surface area contributed by atoms with Gasteiger partial charge >= 0.3 is 0 Å². The molecular formula is C17H19N3O5. The number of carbonyl (C=O) groups excluding carboxylic acids is 4. The molecule has 4 atom stereocenters. The van der Waals surface area contributed by atoms with Crippen LogP contribution in [0.5, 0.6) is 0 Å². The van der Waals surface area contributed by atoms with E-state index < -0.39 is 30.0 Å². The predicted octanol–water partition coefficient (Wildman–Crippen LogP) is -1.44. The number of nitrogens with zero attached hydrogens (tertiary/aromatic N) is 2. The number of hydrogen-bond donors (Lipinski definition) is 2. The van der Waals surface area contributed by atoms with Gasteiger partial charge in [-0.1, -0.05) is 18.2 Å². The summed E-state index contributed by atoms with van der Waals surface area (Å²) in [6, 6.07) is -1.15. The monoisotopic (exact) mass is 345 g/mol. The molecule has 25 heavy (non-hydrogen) atoms. The van der Waals surface area contributed by atoms with Crippen LogP contribution in [0, 0.1) is 11.8 Å². The van der Waals surface area contributed by atoms with Crippen LogP contribution >= 0.6 is 0 Å². The second-order valence-electron chi connectivity index (χ2n) is 6.96. The van der Waals surface area contributed by atoms with Gasteiger partial charge in [0.15, 0.2) is 0 Å². The first-order valence-electron chi connectivity index (χ1n) is 8.45. The van der Waals surface area contributed by atoms with E-state index in [-0.39, 0.29) is 24.3 Å². The van der Waals surface area contributed by atoms with E-state index in [2.05, 4.69) is 5.32 Å². The SMILES string of the molecule is O=CC1CN(C2C=CC=C3C(=O)N(C4CCC(O)NC4=O)C(=O)C32)C1. The van der Waals surface area contributed by atoms with Crippen LogP contribution in [0.25, 0.3) is 0 Å². The second-order valence-corrected chi connectivity index (χ2v) is 6.96. The average Bonchev–Trinajstić information content (AvgIpc) is 2.79. The Morgan fingerprint density at radius 3 is 2.64 bits per heavy atom. The number of aliphatic hydroxyl groups is 1. The fourth-order valence-electron chi connectivity index (χ4n) is 4.08. The number of likely N-dealkylation sites (tertiary alicyclic amines) is 2. The Kier molecular flexibility index (Phi) is 3.81. The van der Waals surface area contributed by atoms with E-state index in [0.29, 0.717) is 25.1 Å². The van der Waals surface area contributed by atoms with E-state index in [4.69, 9.17) is 0 Å². The summed E-state index contributed by atoms with van der Waals surface area (Å²) in [4.78, 5) is 51.8. The molecule has 0 aromatic heterocycles. The highest BCUT2D eigenvalue weighted by Crippen LogP contribution is 2.38. The Morgan fingerprint density at radius 1 is 1.20 bits per heavy atom. The van der Waals surface area contributed by atoms with Gasteiger partial charge in [-0.05, 0) is 12.8 Å². The average molecular weight is 345 g/mol. The second kappa shape index (κ2) is 5.89. The molecule has 0 aromatic rings. The third kappa shape index (κ3) is 2.44. The van der Waals surface area contributed by atoms with Gasteiger partial charge in [0.1, 0.15) is 18.6 Å². The van der Waals surface area contributed by atoms with Crippen molar-refractivity contribution >= 4 is 24.0 Å². The molecule has 0 radical (unpaired) electrons. The van der Waals surface area contributed by atoms with Crippen LogP contribution in [0.1, 0.15) is 12.8 Å². The number of rotatable bonds is 3. The minimum Gasteiger partial charge on any atom is -0.374 e. The zero-order valence-corrected chi connectivity index (χ0v) is 13.5. The molecule has 3 fully saturated rings. The first kappa shape index (κ1) is 16.2. The molecule has 3 aliphatic heterocycles. The highest BCUT2D eigenvalue weighted by atomic mass is 16.3. The number of nitrogens with one attached hydrogen (secondary N) is 1. The lowest BCUT2D eigenvalue weighted by molar-refractivity contribution is -0.151. The van der Waals surface area contributed by atoms with Crippen molar-refractivity contribution in [2.24, 2.45) is 11.8 Å². The largest absolute Gasteiger partial charge is 0.374 e. The van der Waals surface area contributed by atoms with Gasteiger partial charge in [-0.3, -0.25) is 24.2 Å². The smallest absolute Gasteiger partial charge is 0.258 e. The van der Waals surface area contributed by atoms with Gasteiger partial charge in [-0.15, -0.1) is 0 Å². The molecule has 2 N–H and O–H groups in total. The van der Waals surface area contributed by atoms with Crippen LogP contribution in [-0.4, -0.2) is 70.3 Å². The van der Waals surface area contributed by atoms with Crippen molar-refractivity contribution < 1.29 is 24.3 Å². The van der Waals surface area contributed by atoms with Gasteiger partial charge in [0.25, 0.3) is 5.91 Å². The van der Waals surface area contributed by atoms with Gasteiger partial charge in [0.2, 0.25) is 11.8 Å². The first-order chi connectivity index (χ1) is 12.0. The van der Waals surface area contributed by atoms with Gasteiger partial charge in [-0.2, -0.15) is 0 Å². The van der Waals surface area contributed by atoms with E-state index in [1.807, 2.05) is 11.0 Å². The minimum absolute atomic E-state index is 0.0309. The summed E-state index contributed by atoms with van der Waals surface area (Å²) in [5.74, 6) is -1.99. The number of fused-ring (bicyclic) bond motifs is 1. The van der Waals surface area contributed by atoms with E-state index in [1.54, 1.807) is 12.2 Å². The van der Waals surface area contributed by atoms with Crippen LogP contribution in [0.15, 0.2) is 23.8 Å². The maximum Gasteiger partial charge on any atom is 0.258 e. The van der Waals surface area contributed by atoms with Crippen LogP contribution in [0.3, 0.4) is 0 Å². The summed E-state index contributed by atoms with van der Waals surface area (Å²) in [5, 5.41) is 11.9. The fourth-order valence-corrected chi connectivity index (χ4v) is 4.08. The molecule has 3 saturated heterocycles. The molecule has 4 aliphatic rings. The highest BCUT2D eigenvalue weighted by Gasteiger charge is 2.53. The third-order valence-corrected chi connectivity index (χ3v) is 5.42. The van der Waals surface area contributed by atoms with Gasteiger partial charge in [-0.25, -0.2) is 0 Å². The summed E-state index contributed by atoms with van der Waals surface area (Å²) >= 11 is 0. The molecule has 3 heterocycles. The molecular weight excluding hydrogens is 326 g/mol. The van der Waals surface area contributed by atoms with Gasteiger partial charge in [0.05, 0.1) is 5.92 Å². The van der Waals surface area contributed by atoms with E-state index in [9.17, 15) is 24.3 Å². The Morgan fingerprint density at radius 2 is 1.96 bits per heavy atom. The summed E-state index contributed by atoms with van der Waals surface area (Å²) in [6.07, 6.45) is 5.78. The summed E-state index contributed by atoms with van der Waals surface area (Å²) in [5.41, 5.74) is 0.394. The minimum atomic E-state index is -0.936. The third-order valence-electron chi connectivity index (χ3n) is 5.42. The van der Waals surface area contributed by atoms with Crippen molar-refractivity contribution in [1.82, 2.24) is 15.1 Å². The van der Waals surface area contributed by atoms with Crippen molar-refractivity contribution in [2.45, 2.75) is 31.2 Å². The van der Waals surface area contributed by atoms with Crippen molar-refractivity contribution in [2.75, 3.05) is 13.1 Å². The molecule has 0 aromatic carbocycles. The maximum absolute atomic E-state index is 13.0. The lowest BCUT2D eigenvalue weighted by atomic mass is 9.85.